The standard InChI is InChI=1S/C20H28N4O4S/c1-20(2,3)28-19(26)16(17(21)29-11-14-10-22-12-24-14)18(25)23-9-13-5-7-15(27-4)8-6-13/h5-8,10,12,16-17H,9,11,21H2,1-4H3,(H,22,24)(H,23,25)/t16-,17?/m1/s1. The molecule has 0 radical (unpaired) electrons. The van der Waals surface area contributed by atoms with Crippen molar-refractivity contribution in [2.75, 3.05) is 7.11 Å². The molecule has 0 fully saturated rings. The molecule has 0 aliphatic carbocycles. The summed E-state index contributed by atoms with van der Waals surface area (Å²) in [5.41, 5.74) is 7.14. The highest BCUT2D eigenvalue weighted by Crippen LogP contribution is 2.23. The first-order valence-corrected chi connectivity index (χ1v) is 10.2. The number of carbonyl (C=O) groups excluding carboxylic acids is 2. The second-order valence-electron chi connectivity index (χ2n) is 7.41. The van der Waals surface area contributed by atoms with Gasteiger partial charge >= 0.3 is 5.97 Å². The maximum absolute atomic E-state index is 12.8. The third kappa shape index (κ3) is 7.43. The van der Waals surface area contributed by atoms with Crippen molar-refractivity contribution in [3.05, 3.63) is 48.0 Å². The summed E-state index contributed by atoms with van der Waals surface area (Å²) in [6.45, 7) is 5.51. The lowest BCUT2D eigenvalue weighted by atomic mass is 10.1. The van der Waals surface area contributed by atoms with Gasteiger partial charge in [0.15, 0.2) is 5.92 Å². The predicted molar refractivity (Wildman–Crippen MR) is 112 cm³/mol. The summed E-state index contributed by atoms with van der Waals surface area (Å²) in [6.07, 6.45) is 3.31. The van der Waals surface area contributed by atoms with Gasteiger partial charge in [-0.1, -0.05) is 12.1 Å². The topological polar surface area (TPSA) is 119 Å². The number of aromatic nitrogens is 2. The van der Waals surface area contributed by atoms with Gasteiger partial charge in [-0.05, 0) is 38.5 Å². The summed E-state index contributed by atoms with van der Waals surface area (Å²) in [5.74, 6) is -1.07. The van der Waals surface area contributed by atoms with E-state index in [9.17, 15) is 9.59 Å². The minimum atomic E-state index is -1.14. The van der Waals surface area contributed by atoms with Crippen LogP contribution < -0.4 is 15.8 Å². The Kier molecular flexibility index (Phi) is 8.10. The summed E-state index contributed by atoms with van der Waals surface area (Å²) in [4.78, 5) is 32.5. The lowest BCUT2D eigenvalue weighted by molar-refractivity contribution is -0.162. The van der Waals surface area contributed by atoms with Gasteiger partial charge in [0.2, 0.25) is 5.91 Å². The molecule has 29 heavy (non-hydrogen) atoms. The second-order valence-corrected chi connectivity index (χ2v) is 8.58. The molecular formula is C20H28N4O4S. The van der Waals surface area contributed by atoms with Crippen LogP contribution in [0.4, 0.5) is 0 Å². The number of aromatic amines is 1. The highest BCUT2D eigenvalue weighted by Gasteiger charge is 2.36. The predicted octanol–water partition coefficient (Wildman–Crippen LogP) is 2.21. The summed E-state index contributed by atoms with van der Waals surface area (Å²) in [6, 6.07) is 7.29. The Morgan fingerprint density at radius 2 is 1.97 bits per heavy atom. The number of rotatable bonds is 9. The van der Waals surface area contributed by atoms with Gasteiger partial charge in [-0.2, -0.15) is 0 Å². The van der Waals surface area contributed by atoms with Crippen LogP contribution in [0.5, 0.6) is 5.75 Å². The first-order chi connectivity index (χ1) is 13.7. The number of imidazole rings is 1. The van der Waals surface area contributed by atoms with Gasteiger partial charge in [0.05, 0.1) is 24.5 Å². The van der Waals surface area contributed by atoms with Crippen molar-refractivity contribution in [2.24, 2.45) is 11.7 Å². The number of ether oxygens (including phenoxy) is 2. The molecule has 2 atom stereocenters. The molecule has 1 aromatic carbocycles. The van der Waals surface area contributed by atoms with E-state index < -0.39 is 28.8 Å². The van der Waals surface area contributed by atoms with Crippen molar-refractivity contribution in [1.82, 2.24) is 15.3 Å². The lowest BCUT2D eigenvalue weighted by Gasteiger charge is -2.26. The lowest BCUT2D eigenvalue weighted by Crippen LogP contribution is -2.47. The highest BCUT2D eigenvalue weighted by molar-refractivity contribution is 7.99. The Hall–Kier alpha value is -2.52. The first-order valence-electron chi connectivity index (χ1n) is 9.18. The normalized spacial score (nSPS) is 13.4. The number of nitrogens with two attached hydrogens (primary N) is 1. The zero-order valence-electron chi connectivity index (χ0n) is 17.1. The number of methoxy groups -OCH3 is 1. The van der Waals surface area contributed by atoms with Crippen LogP contribution in [-0.4, -0.2) is 39.9 Å². The molecule has 2 aromatic rings. The molecule has 0 aliphatic heterocycles. The number of hydrogen-bond donors (Lipinski definition) is 3. The fourth-order valence-corrected chi connectivity index (χ4v) is 3.39. The number of benzene rings is 1. The van der Waals surface area contributed by atoms with Gasteiger partial charge in [-0.25, -0.2) is 4.98 Å². The number of nitrogens with one attached hydrogen (secondary N) is 2. The Bertz CT molecular complexity index is 788. The number of thioether (sulfide) groups is 1. The monoisotopic (exact) mass is 420 g/mol. The largest absolute Gasteiger partial charge is 0.497 e. The van der Waals surface area contributed by atoms with Crippen molar-refractivity contribution in [3.63, 3.8) is 0 Å². The fourth-order valence-electron chi connectivity index (χ4n) is 2.45. The number of amides is 1. The number of esters is 1. The van der Waals surface area contributed by atoms with Gasteiger partial charge in [-0.15, -0.1) is 11.8 Å². The van der Waals surface area contributed by atoms with Crippen molar-refractivity contribution < 1.29 is 19.1 Å². The molecule has 1 amide bonds. The molecule has 158 valence electrons. The van der Waals surface area contributed by atoms with Gasteiger partial charge in [0.25, 0.3) is 0 Å². The molecule has 4 N–H and O–H groups in total. The summed E-state index contributed by atoms with van der Waals surface area (Å²) in [7, 11) is 1.59. The highest BCUT2D eigenvalue weighted by atomic mass is 32.2. The third-order valence-corrected chi connectivity index (χ3v) is 5.00. The van der Waals surface area contributed by atoms with Crippen LogP contribution in [0.3, 0.4) is 0 Å². The fraction of sp³-hybridized carbons (Fsp3) is 0.450. The molecule has 8 nitrogen and oxygen atoms in total. The van der Waals surface area contributed by atoms with E-state index in [-0.39, 0.29) is 6.54 Å². The SMILES string of the molecule is COc1ccc(CNC(=O)[C@H](C(=O)OC(C)(C)C)C(N)SCc2c[nH]cn2)cc1. The van der Waals surface area contributed by atoms with Gasteiger partial charge in [-0.3, -0.25) is 9.59 Å². The zero-order valence-corrected chi connectivity index (χ0v) is 17.9. The van der Waals surface area contributed by atoms with Crippen LogP contribution in [0.15, 0.2) is 36.8 Å². The summed E-state index contributed by atoms with van der Waals surface area (Å²) < 4.78 is 10.6. The van der Waals surface area contributed by atoms with Crippen LogP contribution >= 0.6 is 11.8 Å². The summed E-state index contributed by atoms with van der Waals surface area (Å²) in [5, 5.41) is 2.00. The molecule has 1 unspecified atom stereocenters. The van der Waals surface area contributed by atoms with Gasteiger partial charge in [0, 0.05) is 18.5 Å². The molecule has 9 heteroatoms. The number of H-pyrrole nitrogens is 1. The Labute approximate surface area is 174 Å². The van der Waals surface area contributed by atoms with Crippen LogP contribution in [-0.2, 0) is 26.6 Å². The van der Waals surface area contributed by atoms with E-state index >= 15 is 0 Å². The Morgan fingerprint density at radius 1 is 1.28 bits per heavy atom. The van der Waals surface area contributed by atoms with Crippen LogP contribution in [0.2, 0.25) is 0 Å². The van der Waals surface area contributed by atoms with E-state index in [0.717, 1.165) is 17.0 Å². The molecule has 2 rings (SSSR count). The van der Waals surface area contributed by atoms with Crippen molar-refractivity contribution in [2.45, 2.75) is 44.0 Å². The molecule has 0 saturated heterocycles. The minimum absolute atomic E-state index is 0.263. The molecule has 1 heterocycles. The van der Waals surface area contributed by atoms with E-state index in [2.05, 4.69) is 15.3 Å². The first kappa shape index (κ1) is 22.8. The molecule has 0 spiro atoms. The van der Waals surface area contributed by atoms with Crippen LogP contribution in [0.25, 0.3) is 0 Å². The third-order valence-electron chi connectivity index (χ3n) is 3.88. The maximum Gasteiger partial charge on any atom is 0.321 e. The van der Waals surface area contributed by atoms with Gasteiger partial charge in [0.1, 0.15) is 11.4 Å². The molecule has 0 bridgehead atoms. The molecule has 1 aromatic heterocycles. The van der Waals surface area contributed by atoms with Crippen molar-refractivity contribution >= 4 is 23.6 Å². The average molecular weight is 421 g/mol. The number of hydrogen-bond acceptors (Lipinski definition) is 7. The van der Waals surface area contributed by atoms with Crippen molar-refractivity contribution in [1.29, 1.82) is 0 Å². The molecule has 0 saturated carbocycles. The maximum atomic E-state index is 12.8. The second kappa shape index (κ2) is 10.3. The summed E-state index contributed by atoms with van der Waals surface area (Å²) >= 11 is 1.27. The Morgan fingerprint density at radius 3 is 2.52 bits per heavy atom. The number of carbonyl (C=O) groups is 2. The molecular weight excluding hydrogens is 392 g/mol. The van der Waals surface area contributed by atoms with E-state index in [4.69, 9.17) is 15.2 Å². The van der Waals surface area contributed by atoms with E-state index in [1.807, 2.05) is 12.1 Å². The van der Waals surface area contributed by atoms with E-state index in [1.165, 1.54) is 11.8 Å². The van der Waals surface area contributed by atoms with Crippen LogP contribution in [0, 0.1) is 5.92 Å². The van der Waals surface area contributed by atoms with Gasteiger partial charge < -0.3 is 25.5 Å². The molecule has 0 aliphatic rings. The Balaban J connectivity index is 2.04. The van der Waals surface area contributed by atoms with Crippen LogP contribution in [0.1, 0.15) is 32.0 Å². The van der Waals surface area contributed by atoms with E-state index in [1.54, 1.807) is 52.5 Å². The minimum Gasteiger partial charge on any atom is -0.497 e. The quantitative estimate of drug-likeness (QED) is 0.323. The smallest absolute Gasteiger partial charge is 0.321 e. The van der Waals surface area contributed by atoms with Crippen molar-refractivity contribution in [3.8, 4) is 5.75 Å². The number of nitrogens with zero attached hydrogens (tertiary/aromatic N) is 1. The van der Waals surface area contributed by atoms with E-state index in [0.29, 0.717) is 5.75 Å². The average Bonchev–Trinajstić information content (AvgIpc) is 3.17. The zero-order chi connectivity index (χ0) is 21.4.